The minimum atomic E-state index is -3.29. The van der Waals surface area contributed by atoms with Crippen LogP contribution in [0.3, 0.4) is 0 Å². The Morgan fingerprint density at radius 1 is 1.21 bits per heavy atom. The maximum atomic E-state index is 12.6. The van der Waals surface area contributed by atoms with Crippen molar-refractivity contribution in [1.82, 2.24) is 18.8 Å². The van der Waals surface area contributed by atoms with E-state index in [1.807, 2.05) is 13.0 Å². The molecule has 9 nitrogen and oxygen atoms in total. The first-order valence-corrected chi connectivity index (χ1v) is 10.8. The highest BCUT2D eigenvalue weighted by molar-refractivity contribution is 7.88. The van der Waals surface area contributed by atoms with Gasteiger partial charge in [0.25, 0.3) is 11.5 Å². The van der Waals surface area contributed by atoms with Gasteiger partial charge in [-0.2, -0.15) is 4.98 Å². The fourth-order valence-corrected chi connectivity index (χ4v) is 4.89. The van der Waals surface area contributed by atoms with Gasteiger partial charge in [0.05, 0.1) is 6.26 Å². The first-order valence-electron chi connectivity index (χ1n) is 9.00. The number of pyridine rings is 1. The van der Waals surface area contributed by atoms with E-state index in [-0.39, 0.29) is 5.56 Å². The van der Waals surface area contributed by atoms with E-state index < -0.39 is 26.9 Å². The minimum Gasteiger partial charge on any atom is -0.335 e. The van der Waals surface area contributed by atoms with Crippen molar-refractivity contribution in [2.75, 3.05) is 24.7 Å². The number of amides is 1. The van der Waals surface area contributed by atoms with Crippen LogP contribution in [-0.4, -0.2) is 52.5 Å². The molecule has 0 radical (unpaired) electrons. The van der Waals surface area contributed by atoms with Gasteiger partial charge in [-0.05, 0) is 31.9 Å². The van der Waals surface area contributed by atoms with Crippen LogP contribution in [0.4, 0.5) is 5.82 Å². The van der Waals surface area contributed by atoms with Crippen molar-refractivity contribution in [3.8, 4) is 0 Å². The molecule has 0 aliphatic carbocycles. The van der Waals surface area contributed by atoms with Crippen molar-refractivity contribution in [2.45, 2.75) is 31.7 Å². The van der Waals surface area contributed by atoms with Crippen LogP contribution < -0.4 is 10.9 Å². The number of nitrogens with zero attached hydrogens (tertiary/aromatic N) is 4. The number of fused-ring (bicyclic) bond motifs is 2. The predicted molar refractivity (Wildman–Crippen MR) is 103 cm³/mol. The molecule has 1 fully saturated rings. The van der Waals surface area contributed by atoms with Gasteiger partial charge in [0.2, 0.25) is 10.0 Å². The Hall–Kier alpha value is -2.59. The van der Waals surface area contributed by atoms with Crippen molar-refractivity contribution in [1.29, 1.82) is 0 Å². The van der Waals surface area contributed by atoms with Crippen LogP contribution in [0.15, 0.2) is 29.2 Å². The van der Waals surface area contributed by atoms with E-state index >= 15 is 0 Å². The fourth-order valence-electron chi connectivity index (χ4n) is 3.99. The Balaban J connectivity index is 1.63. The lowest BCUT2D eigenvalue weighted by molar-refractivity contribution is 0.102. The molecule has 2 aliphatic heterocycles. The summed E-state index contributed by atoms with van der Waals surface area (Å²) in [5.41, 5.74) is -0.382. The Labute approximate surface area is 162 Å². The molecule has 28 heavy (non-hydrogen) atoms. The van der Waals surface area contributed by atoms with Gasteiger partial charge in [-0.1, -0.05) is 6.07 Å². The summed E-state index contributed by atoms with van der Waals surface area (Å²) in [5.74, 6) is 0.371. The highest BCUT2D eigenvalue weighted by Crippen LogP contribution is 2.41. The fraction of sp³-hybridized carbons (Fsp3) is 0.444. The lowest BCUT2D eigenvalue weighted by atomic mass is 9.85. The second-order valence-electron chi connectivity index (χ2n) is 7.47. The molecule has 0 aromatic carbocycles. The second-order valence-corrected chi connectivity index (χ2v) is 9.45. The molecule has 4 heterocycles. The zero-order valence-corrected chi connectivity index (χ0v) is 16.5. The largest absolute Gasteiger partial charge is 0.335 e. The lowest BCUT2D eigenvalue weighted by Crippen LogP contribution is -2.35. The third-order valence-corrected chi connectivity index (χ3v) is 6.71. The predicted octanol–water partition coefficient (Wildman–Crippen LogP) is 0.506. The minimum absolute atomic E-state index is 0.0536. The molecular formula is C18H21N5O4S. The van der Waals surface area contributed by atoms with E-state index in [1.54, 1.807) is 16.7 Å². The zero-order valence-electron chi connectivity index (χ0n) is 15.7. The average Bonchev–Trinajstić information content (AvgIpc) is 3.20. The van der Waals surface area contributed by atoms with Crippen LogP contribution in [-0.2, 0) is 22.0 Å². The topological polar surface area (TPSA) is 114 Å². The molecule has 4 rings (SSSR count). The molecule has 2 aromatic heterocycles. The van der Waals surface area contributed by atoms with E-state index in [0.29, 0.717) is 44.1 Å². The summed E-state index contributed by atoms with van der Waals surface area (Å²) in [4.78, 5) is 33.5. The smallest absolute Gasteiger partial charge is 0.285 e. The van der Waals surface area contributed by atoms with Crippen LogP contribution in [0, 0.1) is 6.92 Å². The number of carbonyl (C=O) groups is 1. The summed E-state index contributed by atoms with van der Waals surface area (Å²) in [6, 6.07) is 5.22. The molecule has 2 aliphatic rings. The summed E-state index contributed by atoms with van der Waals surface area (Å²) in [6.45, 7) is 3.12. The molecule has 1 amide bonds. The van der Waals surface area contributed by atoms with Crippen molar-refractivity contribution in [2.24, 2.45) is 0 Å². The second kappa shape index (κ2) is 6.49. The van der Waals surface area contributed by atoms with Crippen molar-refractivity contribution in [3.05, 3.63) is 51.8 Å². The monoisotopic (exact) mass is 403 g/mol. The van der Waals surface area contributed by atoms with Gasteiger partial charge in [0.1, 0.15) is 17.2 Å². The van der Waals surface area contributed by atoms with Gasteiger partial charge in [-0.3, -0.25) is 9.59 Å². The first-order chi connectivity index (χ1) is 13.2. The van der Waals surface area contributed by atoms with Crippen LogP contribution in [0.1, 0.15) is 34.7 Å². The molecule has 1 saturated heterocycles. The number of hydrogen-bond acceptors (Lipinski definition) is 6. The third kappa shape index (κ3) is 3.22. The maximum absolute atomic E-state index is 12.6. The summed E-state index contributed by atoms with van der Waals surface area (Å²) in [5, 5.41) is 2.63. The molecule has 2 aromatic rings. The zero-order chi connectivity index (χ0) is 20.1. The Morgan fingerprint density at radius 3 is 2.64 bits per heavy atom. The van der Waals surface area contributed by atoms with Crippen molar-refractivity contribution in [3.63, 3.8) is 0 Å². The van der Waals surface area contributed by atoms with Crippen LogP contribution in [0.25, 0.3) is 0 Å². The van der Waals surface area contributed by atoms with Gasteiger partial charge >= 0.3 is 0 Å². The molecule has 0 bridgehead atoms. The molecule has 148 valence electrons. The van der Waals surface area contributed by atoms with Crippen LogP contribution in [0.5, 0.6) is 0 Å². The number of anilines is 1. The quantitative estimate of drug-likeness (QED) is 0.798. The van der Waals surface area contributed by atoms with E-state index in [9.17, 15) is 18.0 Å². The van der Waals surface area contributed by atoms with E-state index in [2.05, 4.69) is 15.3 Å². The lowest BCUT2D eigenvalue weighted by Gasteiger charge is -2.22. The van der Waals surface area contributed by atoms with E-state index in [0.717, 1.165) is 5.69 Å². The normalized spacial score (nSPS) is 21.8. The number of nitrogens with one attached hydrogen (secondary N) is 1. The van der Waals surface area contributed by atoms with E-state index in [4.69, 9.17) is 0 Å². The number of aryl methyl sites for hydroxylation is 2. The number of sulfonamides is 1. The number of rotatable bonds is 3. The summed E-state index contributed by atoms with van der Waals surface area (Å²) >= 11 is 0. The molecule has 10 heteroatoms. The molecule has 0 saturated carbocycles. The standard InChI is InChI=1S/C18H21N5O4S/c1-12-4-3-5-14(19-12)20-15(24)13-10-22-8-6-18(17(22)21-16(13)25)7-9-23(11-18)28(2,26)27/h3-5,10H,6-9,11H2,1-2H3,(H,19,20,24)/t18-/m1/s1. The van der Waals surface area contributed by atoms with Gasteiger partial charge in [-0.15, -0.1) is 0 Å². The van der Waals surface area contributed by atoms with Crippen molar-refractivity contribution < 1.29 is 13.2 Å². The van der Waals surface area contributed by atoms with Gasteiger partial charge < -0.3 is 9.88 Å². The molecule has 0 unspecified atom stereocenters. The number of aromatic nitrogens is 3. The summed E-state index contributed by atoms with van der Waals surface area (Å²) < 4.78 is 27.0. The molecular weight excluding hydrogens is 382 g/mol. The first kappa shape index (κ1) is 18.8. The molecule has 1 N–H and O–H groups in total. The SMILES string of the molecule is Cc1cccc(NC(=O)c2cn3c(nc2=O)[C@@]2(CCN(S(C)(=O)=O)C2)CC3)n1. The Kier molecular flexibility index (Phi) is 4.35. The summed E-state index contributed by atoms with van der Waals surface area (Å²) in [7, 11) is -3.29. The third-order valence-electron chi connectivity index (χ3n) is 5.46. The summed E-state index contributed by atoms with van der Waals surface area (Å²) in [6.07, 6.45) is 4.02. The Bertz CT molecular complexity index is 1130. The number of carbonyl (C=O) groups excluding carboxylic acids is 1. The highest BCUT2D eigenvalue weighted by atomic mass is 32.2. The van der Waals surface area contributed by atoms with E-state index in [1.165, 1.54) is 16.8 Å². The van der Waals surface area contributed by atoms with Crippen LogP contribution in [0.2, 0.25) is 0 Å². The van der Waals surface area contributed by atoms with Gasteiger partial charge in [-0.25, -0.2) is 17.7 Å². The van der Waals surface area contributed by atoms with Gasteiger partial charge in [0, 0.05) is 36.9 Å². The highest BCUT2D eigenvalue weighted by Gasteiger charge is 2.48. The molecule has 1 spiro atoms. The van der Waals surface area contributed by atoms with Gasteiger partial charge in [0.15, 0.2) is 0 Å². The average molecular weight is 403 g/mol. The van der Waals surface area contributed by atoms with Crippen LogP contribution >= 0.6 is 0 Å². The number of hydrogen-bond donors (Lipinski definition) is 1. The maximum Gasteiger partial charge on any atom is 0.285 e. The Morgan fingerprint density at radius 2 is 1.96 bits per heavy atom. The molecule has 1 atom stereocenters. The van der Waals surface area contributed by atoms with Crippen molar-refractivity contribution >= 4 is 21.7 Å².